The predicted molar refractivity (Wildman–Crippen MR) is 75.2 cm³/mol. The molecule has 1 nitrogen and oxygen atoms in total. The average molecular weight is 246 g/mol. The molecule has 0 aliphatic heterocycles. The van der Waals surface area contributed by atoms with Gasteiger partial charge in [0.15, 0.2) is 0 Å². The number of hydrogen-bond donors (Lipinski definition) is 1. The van der Waals surface area contributed by atoms with Crippen LogP contribution in [0.3, 0.4) is 0 Å². The molecule has 0 bridgehead atoms. The standard InChI is InChI=1S/C17H26O/c1-4-12-11(2)5-6-14-13(12)9-10-17(3)15(14)7-8-16(17)18/h4,13-16,18H,1,5-10H2,2-3H3. The highest BCUT2D eigenvalue weighted by molar-refractivity contribution is 5.30. The van der Waals surface area contributed by atoms with Crippen LogP contribution in [-0.2, 0) is 0 Å². The van der Waals surface area contributed by atoms with E-state index in [0.717, 1.165) is 24.2 Å². The van der Waals surface area contributed by atoms with Crippen LogP contribution in [0.25, 0.3) is 0 Å². The first kappa shape index (κ1) is 12.5. The molecule has 100 valence electrons. The van der Waals surface area contributed by atoms with Gasteiger partial charge in [-0.05, 0) is 74.2 Å². The van der Waals surface area contributed by atoms with Crippen molar-refractivity contribution in [2.45, 2.75) is 58.5 Å². The van der Waals surface area contributed by atoms with Gasteiger partial charge in [0.1, 0.15) is 0 Å². The molecule has 0 aromatic rings. The van der Waals surface area contributed by atoms with Gasteiger partial charge in [-0.25, -0.2) is 0 Å². The summed E-state index contributed by atoms with van der Waals surface area (Å²) in [6.07, 6.45) is 9.35. The van der Waals surface area contributed by atoms with E-state index < -0.39 is 0 Å². The van der Waals surface area contributed by atoms with E-state index in [1.54, 1.807) is 5.57 Å². The summed E-state index contributed by atoms with van der Waals surface area (Å²) in [4.78, 5) is 0. The Balaban J connectivity index is 1.93. The van der Waals surface area contributed by atoms with Crippen LogP contribution < -0.4 is 0 Å². The van der Waals surface area contributed by atoms with E-state index in [1.165, 1.54) is 37.7 Å². The van der Waals surface area contributed by atoms with Crippen LogP contribution in [0, 0.1) is 23.2 Å². The van der Waals surface area contributed by atoms with Gasteiger partial charge in [0.05, 0.1) is 6.10 Å². The minimum atomic E-state index is -0.0531. The minimum Gasteiger partial charge on any atom is -0.393 e. The molecule has 1 heteroatoms. The van der Waals surface area contributed by atoms with Crippen molar-refractivity contribution in [1.82, 2.24) is 0 Å². The monoisotopic (exact) mass is 246 g/mol. The second-order valence-electron chi connectivity index (χ2n) is 6.99. The van der Waals surface area contributed by atoms with Crippen molar-refractivity contribution in [3.63, 3.8) is 0 Å². The summed E-state index contributed by atoms with van der Waals surface area (Å²) in [5, 5.41) is 10.3. The predicted octanol–water partition coefficient (Wildman–Crippen LogP) is 4.09. The molecular weight excluding hydrogens is 220 g/mol. The SMILES string of the molecule is C=CC1=C(C)CCC2C1CCC1(C)C(O)CCC21. The van der Waals surface area contributed by atoms with Gasteiger partial charge in [0.2, 0.25) is 0 Å². The smallest absolute Gasteiger partial charge is 0.0596 e. The van der Waals surface area contributed by atoms with E-state index in [4.69, 9.17) is 0 Å². The zero-order valence-corrected chi connectivity index (χ0v) is 11.8. The van der Waals surface area contributed by atoms with E-state index in [1.807, 2.05) is 0 Å². The highest BCUT2D eigenvalue weighted by Gasteiger charge is 2.54. The summed E-state index contributed by atoms with van der Waals surface area (Å²) in [7, 11) is 0. The summed E-state index contributed by atoms with van der Waals surface area (Å²) in [6.45, 7) is 8.66. The third kappa shape index (κ3) is 1.56. The third-order valence-electron chi connectivity index (χ3n) is 6.35. The number of fused-ring (bicyclic) bond motifs is 3. The Hall–Kier alpha value is -0.560. The molecule has 18 heavy (non-hydrogen) atoms. The van der Waals surface area contributed by atoms with Gasteiger partial charge >= 0.3 is 0 Å². The lowest BCUT2D eigenvalue weighted by molar-refractivity contribution is -0.0297. The maximum Gasteiger partial charge on any atom is 0.0596 e. The lowest BCUT2D eigenvalue weighted by atomic mass is 9.55. The summed E-state index contributed by atoms with van der Waals surface area (Å²) in [6, 6.07) is 0. The van der Waals surface area contributed by atoms with Crippen LogP contribution in [0.4, 0.5) is 0 Å². The summed E-state index contributed by atoms with van der Waals surface area (Å²) in [5.41, 5.74) is 3.31. The van der Waals surface area contributed by atoms with Gasteiger partial charge in [0, 0.05) is 0 Å². The first-order valence-electron chi connectivity index (χ1n) is 7.58. The van der Waals surface area contributed by atoms with Crippen LogP contribution >= 0.6 is 0 Å². The fourth-order valence-corrected chi connectivity index (χ4v) is 5.22. The van der Waals surface area contributed by atoms with E-state index in [-0.39, 0.29) is 11.5 Å². The molecule has 1 N–H and O–H groups in total. The Kier molecular flexibility index (Phi) is 2.93. The van der Waals surface area contributed by atoms with Crippen LogP contribution in [-0.4, -0.2) is 11.2 Å². The average Bonchev–Trinajstić information content (AvgIpc) is 2.66. The van der Waals surface area contributed by atoms with Gasteiger partial charge in [-0.15, -0.1) is 0 Å². The summed E-state index contributed by atoms with van der Waals surface area (Å²) >= 11 is 0. The van der Waals surface area contributed by atoms with Crippen molar-refractivity contribution in [2.75, 3.05) is 0 Å². The Labute approximate surface area is 111 Å². The van der Waals surface area contributed by atoms with Gasteiger partial charge in [0.25, 0.3) is 0 Å². The molecule has 2 fully saturated rings. The van der Waals surface area contributed by atoms with Crippen molar-refractivity contribution in [2.24, 2.45) is 23.2 Å². The number of aliphatic hydroxyl groups is 1. The van der Waals surface area contributed by atoms with E-state index in [9.17, 15) is 5.11 Å². The zero-order chi connectivity index (χ0) is 12.9. The van der Waals surface area contributed by atoms with Gasteiger partial charge < -0.3 is 5.11 Å². The lowest BCUT2D eigenvalue weighted by Crippen LogP contribution is -2.44. The van der Waals surface area contributed by atoms with Crippen molar-refractivity contribution >= 4 is 0 Å². The van der Waals surface area contributed by atoms with Gasteiger partial charge in [-0.2, -0.15) is 0 Å². The maximum atomic E-state index is 10.3. The molecule has 3 rings (SSSR count). The van der Waals surface area contributed by atoms with Crippen molar-refractivity contribution in [1.29, 1.82) is 0 Å². The zero-order valence-electron chi connectivity index (χ0n) is 11.8. The maximum absolute atomic E-state index is 10.3. The largest absolute Gasteiger partial charge is 0.393 e. The molecular formula is C17H26O. The van der Waals surface area contributed by atoms with Gasteiger partial charge in [-0.1, -0.05) is 25.2 Å². The van der Waals surface area contributed by atoms with Crippen LogP contribution in [0.1, 0.15) is 52.4 Å². The minimum absolute atomic E-state index is 0.0531. The first-order chi connectivity index (χ1) is 8.58. The van der Waals surface area contributed by atoms with E-state index >= 15 is 0 Å². The fraction of sp³-hybridized carbons (Fsp3) is 0.765. The van der Waals surface area contributed by atoms with Gasteiger partial charge in [-0.3, -0.25) is 0 Å². The quantitative estimate of drug-likeness (QED) is 0.739. The molecule has 0 spiro atoms. The Bertz CT molecular complexity index is 394. The molecule has 3 aliphatic carbocycles. The Morgan fingerprint density at radius 2 is 2.06 bits per heavy atom. The number of aliphatic hydroxyl groups excluding tert-OH is 1. The molecule has 0 heterocycles. The molecule has 0 aromatic heterocycles. The second-order valence-corrected chi connectivity index (χ2v) is 6.99. The molecule has 5 atom stereocenters. The normalized spacial score (nSPS) is 47.7. The summed E-state index contributed by atoms with van der Waals surface area (Å²) < 4.78 is 0. The number of allylic oxidation sites excluding steroid dienone is 3. The van der Waals surface area contributed by atoms with E-state index in [2.05, 4.69) is 26.5 Å². The third-order valence-corrected chi connectivity index (χ3v) is 6.35. The Morgan fingerprint density at radius 3 is 2.78 bits per heavy atom. The molecule has 0 amide bonds. The fourth-order valence-electron chi connectivity index (χ4n) is 5.22. The topological polar surface area (TPSA) is 20.2 Å². The highest BCUT2D eigenvalue weighted by atomic mass is 16.3. The molecule has 0 aromatic carbocycles. The Morgan fingerprint density at radius 1 is 1.28 bits per heavy atom. The molecule has 0 saturated heterocycles. The molecule has 5 unspecified atom stereocenters. The molecule has 3 aliphatic rings. The van der Waals surface area contributed by atoms with Crippen LogP contribution in [0.15, 0.2) is 23.8 Å². The molecule has 2 saturated carbocycles. The van der Waals surface area contributed by atoms with Crippen LogP contribution in [0.5, 0.6) is 0 Å². The van der Waals surface area contributed by atoms with Crippen molar-refractivity contribution < 1.29 is 5.11 Å². The number of hydrogen-bond acceptors (Lipinski definition) is 1. The van der Waals surface area contributed by atoms with Crippen molar-refractivity contribution in [3.8, 4) is 0 Å². The second kappa shape index (κ2) is 4.23. The van der Waals surface area contributed by atoms with E-state index in [0.29, 0.717) is 0 Å². The summed E-state index contributed by atoms with van der Waals surface area (Å²) in [5.74, 6) is 2.28. The first-order valence-corrected chi connectivity index (χ1v) is 7.58. The van der Waals surface area contributed by atoms with Crippen LogP contribution in [0.2, 0.25) is 0 Å². The van der Waals surface area contributed by atoms with Crippen molar-refractivity contribution in [3.05, 3.63) is 23.8 Å². The lowest BCUT2D eigenvalue weighted by Gasteiger charge is -2.50. The number of rotatable bonds is 1. The highest BCUT2D eigenvalue weighted by Crippen LogP contribution is 2.60. The molecule has 0 radical (unpaired) electrons.